The third-order valence-electron chi connectivity index (χ3n) is 6.03. The molecule has 0 bridgehead atoms. The van der Waals surface area contributed by atoms with Gasteiger partial charge in [-0.3, -0.25) is 4.90 Å². The van der Waals surface area contributed by atoms with E-state index >= 15 is 0 Å². The number of aliphatic hydroxyl groups is 2. The van der Waals surface area contributed by atoms with Crippen LogP contribution in [0, 0.1) is 5.82 Å². The summed E-state index contributed by atoms with van der Waals surface area (Å²) in [6.45, 7) is 4.35. The average Bonchev–Trinajstić information content (AvgIpc) is 2.74. The van der Waals surface area contributed by atoms with E-state index in [2.05, 4.69) is 11.8 Å². The topological polar surface area (TPSA) is 62.2 Å². The summed E-state index contributed by atoms with van der Waals surface area (Å²) in [5, 5.41) is 22.0. The molecule has 2 aliphatic rings. The summed E-state index contributed by atoms with van der Waals surface area (Å²) in [4.78, 5) is 2.17. The van der Waals surface area contributed by atoms with Gasteiger partial charge in [0.25, 0.3) is 0 Å². The molecule has 0 amide bonds. The van der Waals surface area contributed by atoms with E-state index in [9.17, 15) is 14.6 Å². The molecule has 0 radical (unpaired) electrons. The van der Waals surface area contributed by atoms with Crippen molar-refractivity contribution in [1.29, 1.82) is 0 Å². The highest BCUT2D eigenvalue weighted by Crippen LogP contribution is 2.39. The lowest BCUT2D eigenvalue weighted by molar-refractivity contribution is -0.0665. The highest BCUT2D eigenvalue weighted by Gasteiger charge is 2.40. The van der Waals surface area contributed by atoms with Gasteiger partial charge < -0.3 is 19.7 Å². The van der Waals surface area contributed by atoms with Gasteiger partial charge in [-0.2, -0.15) is 0 Å². The van der Waals surface area contributed by atoms with E-state index in [0.29, 0.717) is 44.9 Å². The normalized spacial score (nSPS) is 23.9. The Kier molecular flexibility index (Phi) is 5.76. The molecular weight excluding hydrogens is 373 g/mol. The summed E-state index contributed by atoms with van der Waals surface area (Å²) >= 11 is 0. The van der Waals surface area contributed by atoms with Gasteiger partial charge in [-0.05, 0) is 49.1 Å². The van der Waals surface area contributed by atoms with Crippen LogP contribution >= 0.6 is 0 Å². The lowest BCUT2D eigenvalue weighted by Crippen LogP contribution is -2.52. The molecule has 29 heavy (non-hydrogen) atoms. The van der Waals surface area contributed by atoms with Gasteiger partial charge in [-0.25, -0.2) is 4.39 Å². The third-order valence-corrected chi connectivity index (χ3v) is 6.03. The third kappa shape index (κ3) is 4.10. The summed E-state index contributed by atoms with van der Waals surface area (Å²) in [6.07, 6.45) is 1.33. The number of likely N-dealkylation sites (tertiary alicyclic amines) is 1. The number of piperidine rings is 1. The van der Waals surface area contributed by atoms with E-state index in [1.54, 1.807) is 12.1 Å². The average molecular weight is 401 g/mol. The van der Waals surface area contributed by atoms with Crippen molar-refractivity contribution >= 4 is 0 Å². The first-order valence-electron chi connectivity index (χ1n) is 10.3. The van der Waals surface area contributed by atoms with Gasteiger partial charge in [-0.1, -0.05) is 19.1 Å². The number of nitrogens with zero attached hydrogens (tertiary/aromatic N) is 1. The molecule has 2 aromatic rings. The Morgan fingerprint density at radius 1 is 1.17 bits per heavy atom. The minimum atomic E-state index is -0.964. The van der Waals surface area contributed by atoms with Crippen molar-refractivity contribution in [2.75, 3.05) is 26.3 Å². The van der Waals surface area contributed by atoms with E-state index < -0.39 is 11.7 Å². The van der Waals surface area contributed by atoms with Crippen molar-refractivity contribution in [3.8, 4) is 11.5 Å². The van der Waals surface area contributed by atoms with Crippen LogP contribution in [-0.2, 0) is 5.60 Å². The number of fused-ring (bicyclic) bond motifs is 1. The highest BCUT2D eigenvalue weighted by atomic mass is 19.1. The van der Waals surface area contributed by atoms with Crippen molar-refractivity contribution < 1.29 is 24.1 Å². The Morgan fingerprint density at radius 3 is 2.59 bits per heavy atom. The van der Waals surface area contributed by atoms with Crippen LogP contribution in [0.1, 0.15) is 43.4 Å². The largest absolute Gasteiger partial charge is 0.493 e. The number of hydrogen-bond donors (Lipinski definition) is 2. The maximum Gasteiger partial charge on any atom is 0.128 e. The fraction of sp³-hybridized carbons (Fsp3) is 0.478. The quantitative estimate of drug-likeness (QED) is 0.804. The van der Waals surface area contributed by atoms with Crippen molar-refractivity contribution in [3.05, 3.63) is 59.4 Å². The Morgan fingerprint density at radius 2 is 1.90 bits per heavy atom. The number of rotatable bonds is 5. The first kappa shape index (κ1) is 20.1. The molecule has 0 aliphatic carbocycles. The minimum Gasteiger partial charge on any atom is -0.493 e. The number of hydrogen-bond acceptors (Lipinski definition) is 5. The summed E-state index contributed by atoms with van der Waals surface area (Å²) in [7, 11) is 0. The van der Waals surface area contributed by atoms with E-state index in [1.807, 2.05) is 18.2 Å². The smallest absolute Gasteiger partial charge is 0.128 e. The molecule has 5 nitrogen and oxygen atoms in total. The fourth-order valence-electron chi connectivity index (χ4n) is 4.25. The van der Waals surface area contributed by atoms with Crippen molar-refractivity contribution in [2.24, 2.45) is 0 Å². The van der Waals surface area contributed by atoms with E-state index in [1.165, 1.54) is 12.1 Å². The second kappa shape index (κ2) is 8.30. The Balaban J connectivity index is 1.42. The van der Waals surface area contributed by atoms with Gasteiger partial charge in [0.05, 0.1) is 18.2 Å². The summed E-state index contributed by atoms with van der Waals surface area (Å²) in [5.41, 5.74) is 0.544. The molecule has 2 heterocycles. The van der Waals surface area contributed by atoms with E-state index in [0.717, 1.165) is 23.3 Å². The summed E-state index contributed by atoms with van der Waals surface area (Å²) in [6, 6.07) is 11.5. The van der Waals surface area contributed by atoms with Crippen molar-refractivity contribution in [1.82, 2.24) is 4.90 Å². The molecule has 1 saturated heterocycles. The Bertz CT molecular complexity index is 833. The van der Waals surface area contributed by atoms with Crippen LogP contribution in [0.5, 0.6) is 11.5 Å². The van der Waals surface area contributed by atoms with Crippen LogP contribution in [0.2, 0.25) is 0 Å². The molecule has 0 aromatic heterocycles. The second-order valence-electron chi connectivity index (χ2n) is 7.95. The molecule has 156 valence electrons. The molecule has 2 aliphatic heterocycles. The lowest BCUT2D eigenvalue weighted by atomic mass is 9.83. The van der Waals surface area contributed by atoms with Gasteiger partial charge in [-0.15, -0.1) is 0 Å². The molecule has 2 atom stereocenters. The van der Waals surface area contributed by atoms with Gasteiger partial charge in [0.15, 0.2) is 0 Å². The zero-order valence-corrected chi connectivity index (χ0v) is 16.7. The predicted octanol–water partition coefficient (Wildman–Crippen LogP) is 3.39. The van der Waals surface area contributed by atoms with Gasteiger partial charge in [0, 0.05) is 24.7 Å². The number of halogens is 1. The van der Waals surface area contributed by atoms with Crippen LogP contribution in [0.3, 0.4) is 0 Å². The molecular formula is C23H28FNO4. The fourth-order valence-corrected chi connectivity index (χ4v) is 4.25. The maximum atomic E-state index is 13.2. The molecule has 4 rings (SSSR count). The SMILES string of the molecule is CCCOc1ccc2c(c1)OC[C@@H](N1CCC(O)(c3ccc(F)cc3)CC1)[C@H]2O. The van der Waals surface area contributed by atoms with Gasteiger partial charge >= 0.3 is 0 Å². The Labute approximate surface area is 170 Å². The van der Waals surface area contributed by atoms with Crippen LogP contribution in [0.15, 0.2) is 42.5 Å². The van der Waals surface area contributed by atoms with Crippen LogP contribution in [0.4, 0.5) is 4.39 Å². The van der Waals surface area contributed by atoms with Crippen LogP contribution in [0.25, 0.3) is 0 Å². The molecule has 2 N–H and O–H groups in total. The summed E-state index contributed by atoms with van der Waals surface area (Å²) < 4.78 is 24.8. The van der Waals surface area contributed by atoms with Gasteiger partial charge in [0.1, 0.15) is 30.0 Å². The highest BCUT2D eigenvalue weighted by molar-refractivity contribution is 5.44. The number of ether oxygens (including phenoxy) is 2. The first-order chi connectivity index (χ1) is 14.0. The molecule has 0 spiro atoms. The zero-order chi connectivity index (χ0) is 20.4. The monoisotopic (exact) mass is 401 g/mol. The van der Waals surface area contributed by atoms with Gasteiger partial charge in [0.2, 0.25) is 0 Å². The number of benzene rings is 2. The Hall–Kier alpha value is -2.15. The summed E-state index contributed by atoms with van der Waals surface area (Å²) in [5.74, 6) is 1.11. The van der Waals surface area contributed by atoms with Crippen LogP contribution in [-0.4, -0.2) is 47.5 Å². The zero-order valence-electron chi connectivity index (χ0n) is 16.7. The van der Waals surface area contributed by atoms with Crippen molar-refractivity contribution in [2.45, 2.75) is 43.9 Å². The molecule has 0 saturated carbocycles. The standard InChI is InChI=1S/C23H28FNO4/c1-2-13-28-18-7-8-19-21(14-18)29-15-20(22(19)26)25-11-9-23(27,10-12-25)16-3-5-17(24)6-4-16/h3-8,14,20,22,26-27H,2,9-13,15H2,1H3/t20-,22+/m1/s1. The predicted molar refractivity (Wildman–Crippen MR) is 108 cm³/mol. The van der Waals surface area contributed by atoms with E-state index in [-0.39, 0.29) is 11.9 Å². The number of aliphatic hydroxyl groups excluding tert-OH is 1. The first-order valence-corrected chi connectivity index (χ1v) is 10.3. The van der Waals surface area contributed by atoms with Crippen molar-refractivity contribution in [3.63, 3.8) is 0 Å². The van der Waals surface area contributed by atoms with Crippen LogP contribution < -0.4 is 9.47 Å². The maximum absolute atomic E-state index is 13.2. The van der Waals surface area contributed by atoms with E-state index in [4.69, 9.17) is 9.47 Å². The second-order valence-corrected chi connectivity index (χ2v) is 7.95. The molecule has 6 heteroatoms. The lowest BCUT2D eigenvalue weighted by Gasteiger charge is -2.44. The minimum absolute atomic E-state index is 0.164. The molecule has 1 fully saturated rings. The molecule has 0 unspecified atom stereocenters. The molecule has 2 aromatic carbocycles.